The molecule has 0 fully saturated rings. The molecule has 0 aromatic heterocycles. The van der Waals surface area contributed by atoms with Crippen LogP contribution in [0.4, 0.5) is 0 Å². The largest absolute Gasteiger partial charge is 0.496 e. The molecule has 0 saturated carbocycles. The van der Waals surface area contributed by atoms with Gasteiger partial charge in [0.1, 0.15) is 18.3 Å². The summed E-state index contributed by atoms with van der Waals surface area (Å²) in [5.74, 6) is -3.39. The van der Waals surface area contributed by atoms with Crippen LogP contribution in [0, 0.1) is 5.92 Å². The maximum atomic E-state index is 13.3. The minimum Gasteiger partial charge on any atom is -0.496 e. The van der Waals surface area contributed by atoms with Crippen LogP contribution in [0.5, 0.6) is 5.75 Å². The van der Waals surface area contributed by atoms with Gasteiger partial charge in [-0.05, 0) is 52.8 Å². The summed E-state index contributed by atoms with van der Waals surface area (Å²) in [6.45, 7) is 7.85. The number of carbonyl (C=O) groups excluding carboxylic acids is 4. The van der Waals surface area contributed by atoms with E-state index in [-0.39, 0.29) is 36.8 Å². The van der Waals surface area contributed by atoms with E-state index in [1.165, 1.54) is 14.0 Å². The van der Waals surface area contributed by atoms with Gasteiger partial charge < -0.3 is 24.3 Å². The summed E-state index contributed by atoms with van der Waals surface area (Å²) in [4.78, 5) is 50.4. The Labute approximate surface area is 192 Å². The van der Waals surface area contributed by atoms with Gasteiger partial charge in [0.15, 0.2) is 5.78 Å². The topological polar surface area (TPSA) is 117 Å². The molecule has 0 radical (unpaired) electrons. The van der Waals surface area contributed by atoms with Gasteiger partial charge in [0.05, 0.1) is 31.5 Å². The van der Waals surface area contributed by atoms with E-state index in [0.29, 0.717) is 28.3 Å². The van der Waals surface area contributed by atoms with Crippen molar-refractivity contribution in [3.8, 4) is 5.75 Å². The summed E-state index contributed by atoms with van der Waals surface area (Å²) in [5.41, 5.74) is 1.58. The average Bonchev–Trinajstić information content (AvgIpc) is 2.76. The monoisotopic (exact) mass is 459 g/mol. The van der Waals surface area contributed by atoms with E-state index in [2.05, 4.69) is 5.32 Å². The van der Waals surface area contributed by atoms with Crippen molar-refractivity contribution in [1.29, 1.82) is 0 Å². The molecule has 1 N–H and O–H groups in total. The number of hydrogen-bond acceptors (Lipinski definition) is 9. The van der Waals surface area contributed by atoms with Gasteiger partial charge in [0.25, 0.3) is 0 Å². The predicted octanol–water partition coefficient (Wildman–Crippen LogP) is 2.83. The normalized spacial score (nSPS) is 13.9. The van der Waals surface area contributed by atoms with E-state index in [9.17, 15) is 19.2 Å². The summed E-state index contributed by atoms with van der Waals surface area (Å²) in [5, 5.41) is 2.95. The number of allylic oxidation sites excluding steroid dienone is 2. The van der Waals surface area contributed by atoms with Crippen LogP contribution in [0.15, 0.2) is 40.7 Å². The van der Waals surface area contributed by atoms with Crippen molar-refractivity contribution in [3.05, 3.63) is 51.9 Å². The van der Waals surface area contributed by atoms with Crippen LogP contribution in [-0.2, 0) is 35.2 Å². The Morgan fingerprint density at radius 2 is 1.45 bits per heavy atom. The van der Waals surface area contributed by atoms with Crippen molar-refractivity contribution in [2.24, 2.45) is 5.92 Å². The number of nitrogens with one attached hydrogen (secondary N) is 1. The van der Waals surface area contributed by atoms with Crippen molar-refractivity contribution in [2.45, 2.75) is 41.2 Å². The van der Waals surface area contributed by atoms with E-state index in [1.807, 2.05) is 0 Å². The number of esters is 3. The zero-order chi connectivity index (χ0) is 24.7. The van der Waals surface area contributed by atoms with Crippen LogP contribution in [0.3, 0.4) is 0 Å². The van der Waals surface area contributed by atoms with E-state index in [1.54, 1.807) is 45.9 Å². The van der Waals surface area contributed by atoms with Gasteiger partial charge in [-0.25, -0.2) is 9.59 Å². The molecule has 0 unspecified atom stereocenters. The number of carbonyl (C=O) groups is 4. The number of benzene rings is 1. The highest BCUT2D eigenvalue weighted by atomic mass is 16.5. The zero-order valence-electron chi connectivity index (χ0n) is 19.7. The quantitative estimate of drug-likeness (QED) is 0.338. The van der Waals surface area contributed by atoms with Crippen molar-refractivity contribution < 1.29 is 38.1 Å². The van der Waals surface area contributed by atoms with E-state index in [0.717, 1.165) is 0 Å². The molecule has 0 amide bonds. The summed E-state index contributed by atoms with van der Waals surface area (Å²) in [7, 11) is 1.46. The molecule has 1 aliphatic rings. The minimum atomic E-state index is -1.34. The van der Waals surface area contributed by atoms with E-state index < -0.39 is 23.8 Å². The first kappa shape index (κ1) is 25.6. The van der Waals surface area contributed by atoms with E-state index in [4.69, 9.17) is 18.9 Å². The van der Waals surface area contributed by atoms with Crippen molar-refractivity contribution in [3.63, 3.8) is 0 Å². The standard InChI is InChI=1S/C24H29NO8/c1-7-31-22(27)19-13(3)25-14(4)20(23(28)32-8-2)21(19)24(29)33-12-17-11-16(15(5)26)9-10-18(17)30-6/h9-11,21,25H,7-8,12H2,1-6H3. The molecule has 0 aliphatic carbocycles. The molecule has 33 heavy (non-hydrogen) atoms. The minimum absolute atomic E-state index is 0.0278. The van der Waals surface area contributed by atoms with Gasteiger partial charge >= 0.3 is 17.9 Å². The molecular weight excluding hydrogens is 430 g/mol. The molecule has 9 nitrogen and oxygen atoms in total. The highest BCUT2D eigenvalue weighted by molar-refractivity contribution is 6.05. The molecule has 0 bridgehead atoms. The average molecular weight is 459 g/mol. The SMILES string of the molecule is CCOC(=O)C1=C(C)NC(C)=C(C(=O)OCC)C1C(=O)OCc1cc(C(C)=O)ccc1OC. The molecule has 1 aliphatic heterocycles. The fourth-order valence-corrected chi connectivity index (χ4v) is 3.53. The van der Waals surface area contributed by atoms with Gasteiger partial charge in [-0.15, -0.1) is 0 Å². The van der Waals surface area contributed by atoms with Gasteiger partial charge in [0, 0.05) is 22.5 Å². The van der Waals surface area contributed by atoms with E-state index >= 15 is 0 Å². The predicted molar refractivity (Wildman–Crippen MR) is 118 cm³/mol. The Morgan fingerprint density at radius 1 is 0.909 bits per heavy atom. The van der Waals surface area contributed by atoms with Gasteiger partial charge in [-0.2, -0.15) is 0 Å². The highest BCUT2D eigenvalue weighted by Crippen LogP contribution is 2.33. The number of Topliss-reactive ketones (excluding diaryl/α,β-unsaturated/α-hetero) is 1. The molecule has 0 saturated heterocycles. The lowest BCUT2D eigenvalue weighted by Crippen LogP contribution is -2.38. The maximum absolute atomic E-state index is 13.3. The first-order valence-electron chi connectivity index (χ1n) is 10.5. The molecule has 0 spiro atoms. The van der Waals surface area contributed by atoms with Crippen LogP contribution in [0.2, 0.25) is 0 Å². The fourth-order valence-electron chi connectivity index (χ4n) is 3.53. The molecule has 1 aromatic carbocycles. The Kier molecular flexibility index (Phi) is 8.78. The zero-order valence-corrected chi connectivity index (χ0v) is 19.7. The number of ether oxygens (including phenoxy) is 4. The third-order valence-electron chi connectivity index (χ3n) is 5.04. The lowest BCUT2D eigenvalue weighted by molar-refractivity contribution is -0.152. The second-order valence-corrected chi connectivity index (χ2v) is 7.27. The molecule has 2 rings (SSSR count). The van der Waals surface area contributed by atoms with Crippen molar-refractivity contribution in [2.75, 3.05) is 20.3 Å². The van der Waals surface area contributed by atoms with Crippen molar-refractivity contribution in [1.82, 2.24) is 5.32 Å². The van der Waals surface area contributed by atoms with Crippen LogP contribution in [0.1, 0.15) is 50.5 Å². The molecule has 9 heteroatoms. The van der Waals surface area contributed by atoms with Crippen LogP contribution < -0.4 is 10.1 Å². The Hall–Kier alpha value is -3.62. The lowest BCUT2D eigenvalue weighted by atomic mass is 9.85. The number of ketones is 1. The first-order valence-corrected chi connectivity index (χ1v) is 10.5. The molecular formula is C24H29NO8. The van der Waals surface area contributed by atoms with Crippen LogP contribution >= 0.6 is 0 Å². The Morgan fingerprint density at radius 3 is 1.91 bits per heavy atom. The second-order valence-electron chi connectivity index (χ2n) is 7.27. The maximum Gasteiger partial charge on any atom is 0.337 e. The molecule has 1 heterocycles. The number of dihydropyridines is 1. The second kappa shape index (κ2) is 11.3. The molecule has 0 atom stereocenters. The molecule has 1 aromatic rings. The van der Waals surface area contributed by atoms with Gasteiger partial charge in [-0.3, -0.25) is 9.59 Å². The Balaban J connectivity index is 2.44. The van der Waals surface area contributed by atoms with Crippen molar-refractivity contribution >= 4 is 23.7 Å². The lowest BCUT2D eigenvalue weighted by Gasteiger charge is -2.28. The van der Waals surface area contributed by atoms with Crippen LogP contribution in [-0.4, -0.2) is 44.0 Å². The van der Waals surface area contributed by atoms with Crippen LogP contribution in [0.25, 0.3) is 0 Å². The number of methoxy groups -OCH3 is 1. The first-order chi connectivity index (χ1) is 15.7. The summed E-state index contributed by atoms with van der Waals surface area (Å²) < 4.78 is 21.1. The third-order valence-corrected chi connectivity index (χ3v) is 5.04. The third kappa shape index (κ3) is 5.79. The number of rotatable bonds is 9. The summed E-state index contributed by atoms with van der Waals surface area (Å²) >= 11 is 0. The smallest absolute Gasteiger partial charge is 0.337 e. The summed E-state index contributed by atoms with van der Waals surface area (Å²) in [6.07, 6.45) is 0. The molecule has 178 valence electrons. The van der Waals surface area contributed by atoms with Gasteiger partial charge in [-0.1, -0.05) is 0 Å². The highest BCUT2D eigenvalue weighted by Gasteiger charge is 2.42. The van der Waals surface area contributed by atoms with Gasteiger partial charge in [0.2, 0.25) is 0 Å². The Bertz CT molecular complexity index is 981. The number of hydrogen-bond donors (Lipinski definition) is 1. The fraction of sp³-hybridized carbons (Fsp3) is 0.417. The summed E-state index contributed by atoms with van der Waals surface area (Å²) in [6, 6.07) is 4.78.